The van der Waals surface area contributed by atoms with Gasteiger partial charge >= 0.3 is 5.97 Å². The highest BCUT2D eigenvalue weighted by Gasteiger charge is 2.27. The van der Waals surface area contributed by atoms with Crippen LogP contribution in [-0.2, 0) is 29.1 Å². The minimum Gasteiger partial charge on any atom is -0.489 e. The number of rotatable bonds is 5. The molecule has 0 fully saturated rings. The Labute approximate surface area is 152 Å². The first-order valence-electron chi connectivity index (χ1n) is 8.95. The second-order valence-electron chi connectivity index (χ2n) is 6.45. The molecule has 1 aromatic heterocycles. The van der Waals surface area contributed by atoms with E-state index in [0.717, 1.165) is 27.9 Å². The maximum atomic E-state index is 12.1. The van der Waals surface area contributed by atoms with E-state index in [1.165, 1.54) is 5.56 Å². The van der Waals surface area contributed by atoms with E-state index >= 15 is 0 Å². The van der Waals surface area contributed by atoms with E-state index in [2.05, 4.69) is 16.4 Å². The van der Waals surface area contributed by atoms with E-state index in [-0.39, 0.29) is 12.0 Å². The van der Waals surface area contributed by atoms with Crippen molar-refractivity contribution in [2.24, 2.45) is 0 Å². The summed E-state index contributed by atoms with van der Waals surface area (Å²) in [5.74, 6) is 0.637. The quantitative estimate of drug-likeness (QED) is 0.693. The molecule has 5 nitrogen and oxygen atoms in total. The van der Waals surface area contributed by atoms with E-state index in [4.69, 9.17) is 9.47 Å². The highest BCUT2D eigenvalue weighted by molar-refractivity contribution is 5.88. The lowest BCUT2D eigenvalue weighted by Gasteiger charge is -2.22. The smallest absolute Gasteiger partial charge is 0.323 e. The molecule has 26 heavy (non-hydrogen) atoms. The molecule has 1 atom stereocenters. The van der Waals surface area contributed by atoms with Gasteiger partial charge in [0.05, 0.1) is 6.61 Å². The van der Waals surface area contributed by atoms with Crippen LogP contribution in [0.15, 0.2) is 48.5 Å². The number of hydrogen-bond donors (Lipinski definition) is 2. The van der Waals surface area contributed by atoms with Crippen LogP contribution in [0.4, 0.5) is 0 Å². The van der Waals surface area contributed by atoms with Gasteiger partial charge in [0.2, 0.25) is 0 Å². The Bertz CT molecular complexity index is 918. The molecular weight excluding hydrogens is 328 g/mol. The predicted octanol–water partition coefficient (Wildman–Crippen LogP) is 3.32. The van der Waals surface area contributed by atoms with Crippen LogP contribution >= 0.6 is 0 Å². The summed E-state index contributed by atoms with van der Waals surface area (Å²) in [5.41, 5.74) is 4.49. The van der Waals surface area contributed by atoms with Crippen LogP contribution < -0.4 is 10.1 Å². The molecule has 2 N–H and O–H groups in total. The van der Waals surface area contributed by atoms with Crippen molar-refractivity contribution in [2.75, 3.05) is 6.61 Å². The largest absolute Gasteiger partial charge is 0.489 e. The second kappa shape index (κ2) is 7.22. The molecule has 0 aliphatic carbocycles. The predicted molar refractivity (Wildman–Crippen MR) is 100 cm³/mol. The Kier molecular flexibility index (Phi) is 4.63. The van der Waals surface area contributed by atoms with Gasteiger partial charge in [-0.15, -0.1) is 0 Å². The normalized spacial score (nSPS) is 16.3. The Hall–Kier alpha value is -2.79. The Morgan fingerprint density at radius 1 is 1.19 bits per heavy atom. The maximum Gasteiger partial charge on any atom is 0.323 e. The Balaban J connectivity index is 1.56. The van der Waals surface area contributed by atoms with Crippen molar-refractivity contribution >= 4 is 16.9 Å². The van der Waals surface area contributed by atoms with E-state index in [1.807, 2.05) is 49.4 Å². The number of nitrogens with one attached hydrogen (secondary N) is 2. The fourth-order valence-electron chi connectivity index (χ4n) is 3.41. The van der Waals surface area contributed by atoms with Gasteiger partial charge < -0.3 is 14.5 Å². The molecule has 0 spiro atoms. The summed E-state index contributed by atoms with van der Waals surface area (Å²) >= 11 is 0. The van der Waals surface area contributed by atoms with Crippen molar-refractivity contribution in [1.82, 2.24) is 10.3 Å². The van der Waals surface area contributed by atoms with Crippen LogP contribution in [0.2, 0.25) is 0 Å². The number of fused-ring (bicyclic) bond motifs is 3. The number of aromatic amines is 1. The van der Waals surface area contributed by atoms with Gasteiger partial charge in [0.1, 0.15) is 18.4 Å². The average Bonchev–Trinajstić information content (AvgIpc) is 3.04. The fraction of sp³-hybridized carbons (Fsp3) is 0.286. The minimum absolute atomic E-state index is 0.191. The van der Waals surface area contributed by atoms with Crippen molar-refractivity contribution in [3.63, 3.8) is 0 Å². The van der Waals surface area contributed by atoms with Crippen LogP contribution in [0.1, 0.15) is 23.7 Å². The number of hydrogen-bond acceptors (Lipinski definition) is 4. The molecule has 134 valence electrons. The zero-order chi connectivity index (χ0) is 17.9. The molecular formula is C21H22N2O3. The van der Waals surface area contributed by atoms with E-state index in [1.54, 1.807) is 0 Å². The van der Waals surface area contributed by atoms with Crippen LogP contribution in [0, 0.1) is 0 Å². The SMILES string of the molecule is CCOC(=O)C1Cc2c([nH]c3ccc(OCc4ccccc4)cc23)CN1. The number of aromatic nitrogens is 1. The Morgan fingerprint density at radius 3 is 2.85 bits per heavy atom. The lowest BCUT2D eigenvalue weighted by atomic mass is 9.98. The topological polar surface area (TPSA) is 63.4 Å². The molecule has 0 saturated heterocycles. The molecule has 5 heteroatoms. The summed E-state index contributed by atoms with van der Waals surface area (Å²) in [6.45, 7) is 3.39. The number of esters is 1. The second-order valence-corrected chi connectivity index (χ2v) is 6.45. The van der Waals surface area contributed by atoms with Crippen LogP contribution in [-0.4, -0.2) is 23.6 Å². The molecule has 2 aromatic carbocycles. The summed E-state index contributed by atoms with van der Waals surface area (Å²) in [5, 5.41) is 4.36. The third kappa shape index (κ3) is 3.30. The summed E-state index contributed by atoms with van der Waals surface area (Å²) in [6.07, 6.45) is 0.621. The van der Waals surface area contributed by atoms with Gasteiger partial charge in [-0.3, -0.25) is 10.1 Å². The molecule has 0 radical (unpaired) electrons. The molecule has 0 saturated carbocycles. The average molecular weight is 350 g/mol. The summed E-state index contributed by atoms with van der Waals surface area (Å²) in [7, 11) is 0. The van der Waals surface area contributed by atoms with Crippen molar-refractivity contribution < 1.29 is 14.3 Å². The molecule has 1 unspecified atom stereocenters. The van der Waals surface area contributed by atoms with Crippen LogP contribution in [0.25, 0.3) is 10.9 Å². The monoisotopic (exact) mass is 350 g/mol. The zero-order valence-electron chi connectivity index (χ0n) is 14.7. The number of ether oxygens (including phenoxy) is 2. The van der Waals surface area contributed by atoms with Gasteiger partial charge in [0.25, 0.3) is 0 Å². The van der Waals surface area contributed by atoms with Crippen molar-refractivity contribution in [3.05, 3.63) is 65.4 Å². The number of benzene rings is 2. The fourth-order valence-corrected chi connectivity index (χ4v) is 3.41. The molecule has 0 bridgehead atoms. The number of H-pyrrole nitrogens is 1. The van der Waals surface area contributed by atoms with Crippen LogP contribution in [0.3, 0.4) is 0 Å². The van der Waals surface area contributed by atoms with E-state index < -0.39 is 0 Å². The highest BCUT2D eigenvalue weighted by Crippen LogP contribution is 2.30. The van der Waals surface area contributed by atoms with E-state index in [9.17, 15) is 4.79 Å². The zero-order valence-corrected chi connectivity index (χ0v) is 14.7. The number of carbonyl (C=O) groups excluding carboxylic acids is 1. The summed E-state index contributed by atoms with van der Waals surface area (Å²) in [4.78, 5) is 15.5. The molecule has 1 aliphatic heterocycles. The standard InChI is InChI=1S/C21H22N2O3/c1-2-25-21(24)19-11-17-16-10-15(26-13-14-6-4-3-5-7-14)8-9-18(16)23-20(17)12-22-19/h3-10,19,22-23H,2,11-13H2,1H3. The third-order valence-electron chi connectivity index (χ3n) is 4.72. The molecule has 0 amide bonds. The van der Waals surface area contributed by atoms with Crippen molar-refractivity contribution in [1.29, 1.82) is 0 Å². The first-order valence-corrected chi connectivity index (χ1v) is 8.95. The third-order valence-corrected chi connectivity index (χ3v) is 4.72. The first-order chi connectivity index (χ1) is 12.7. The molecule has 2 heterocycles. The van der Waals surface area contributed by atoms with Gasteiger partial charge in [-0.05, 0) is 36.2 Å². The molecule has 1 aliphatic rings. The van der Waals surface area contributed by atoms with Crippen LogP contribution in [0.5, 0.6) is 5.75 Å². The Morgan fingerprint density at radius 2 is 2.04 bits per heavy atom. The molecule has 4 rings (SSSR count). The van der Waals surface area contributed by atoms with Gasteiger partial charge in [-0.2, -0.15) is 0 Å². The van der Waals surface area contributed by atoms with E-state index in [0.29, 0.717) is 26.2 Å². The lowest BCUT2D eigenvalue weighted by molar-refractivity contribution is -0.145. The van der Waals surface area contributed by atoms with Gasteiger partial charge in [-0.1, -0.05) is 30.3 Å². The van der Waals surface area contributed by atoms with Gasteiger partial charge in [0, 0.05) is 29.6 Å². The van der Waals surface area contributed by atoms with Gasteiger partial charge in [-0.25, -0.2) is 0 Å². The lowest BCUT2D eigenvalue weighted by Crippen LogP contribution is -2.42. The summed E-state index contributed by atoms with van der Waals surface area (Å²) < 4.78 is 11.1. The maximum absolute atomic E-state index is 12.1. The highest BCUT2D eigenvalue weighted by atomic mass is 16.5. The summed E-state index contributed by atoms with van der Waals surface area (Å²) in [6, 6.07) is 15.9. The van der Waals surface area contributed by atoms with Gasteiger partial charge in [0.15, 0.2) is 0 Å². The first kappa shape index (κ1) is 16.7. The van der Waals surface area contributed by atoms with Crippen molar-refractivity contribution in [2.45, 2.75) is 32.5 Å². The minimum atomic E-state index is -0.296. The molecule has 3 aromatic rings. The number of carbonyl (C=O) groups is 1. The van der Waals surface area contributed by atoms with Crippen molar-refractivity contribution in [3.8, 4) is 5.75 Å².